The number of carbonyl (C=O) groups is 3. The number of carboxylic acids is 1. The second-order valence-electron chi connectivity index (χ2n) is 6.49. The van der Waals surface area contributed by atoms with Crippen molar-refractivity contribution in [1.29, 1.82) is 0 Å². The van der Waals surface area contributed by atoms with E-state index in [0.717, 1.165) is 24.0 Å². The van der Waals surface area contributed by atoms with Crippen LogP contribution in [0.1, 0.15) is 36.8 Å². The lowest BCUT2D eigenvalue weighted by molar-refractivity contribution is -0.149. The molecule has 1 aromatic rings. The zero-order chi connectivity index (χ0) is 18.4. The third-order valence-corrected chi connectivity index (χ3v) is 4.31. The third-order valence-electron chi connectivity index (χ3n) is 4.31. The predicted molar refractivity (Wildman–Crippen MR) is 90.8 cm³/mol. The minimum atomic E-state index is -0.968. The summed E-state index contributed by atoms with van der Waals surface area (Å²) in [7, 11) is 0. The highest BCUT2D eigenvalue weighted by atomic mass is 16.5. The van der Waals surface area contributed by atoms with E-state index in [9.17, 15) is 19.5 Å². The zero-order valence-electron chi connectivity index (χ0n) is 14.5. The molecule has 0 aliphatic heterocycles. The number of aryl methyl sites for hydroxylation is 2. The Bertz CT molecular complexity index is 639. The summed E-state index contributed by atoms with van der Waals surface area (Å²) in [6, 6.07) is 5.63. The van der Waals surface area contributed by atoms with Gasteiger partial charge in [-0.1, -0.05) is 18.9 Å². The molecular formula is C18H24N2O5. The number of benzene rings is 1. The first-order valence-corrected chi connectivity index (χ1v) is 8.39. The summed E-state index contributed by atoms with van der Waals surface area (Å²) >= 11 is 0. The molecule has 0 bridgehead atoms. The smallest absolute Gasteiger partial charge is 0.307 e. The molecule has 2 atom stereocenters. The van der Waals surface area contributed by atoms with Crippen LogP contribution in [-0.2, 0) is 14.4 Å². The lowest BCUT2D eigenvalue weighted by atomic mass is 9.79. The van der Waals surface area contributed by atoms with Crippen LogP contribution in [0.2, 0.25) is 0 Å². The molecule has 7 heteroatoms. The molecule has 136 valence electrons. The van der Waals surface area contributed by atoms with Crippen molar-refractivity contribution < 1.29 is 24.2 Å². The molecule has 1 aromatic carbocycles. The highest BCUT2D eigenvalue weighted by Crippen LogP contribution is 2.30. The van der Waals surface area contributed by atoms with Crippen molar-refractivity contribution in [2.24, 2.45) is 11.8 Å². The summed E-state index contributed by atoms with van der Waals surface area (Å²) in [5.74, 6) is -2.67. The molecule has 0 saturated heterocycles. The van der Waals surface area contributed by atoms with Gasteiger partial charge < -0.3 is 9.84 Å². The third kappa shape index (κ3) is 5.48. The van der Waals surface area contributed by atoms with E-state index in [0.29, 0.717) is 18.6 Å². The molecule has 2 amide bonds. The number of hydrogen-bond acceptors (Lipinski definition) is 4. The maximum atomic E-state index is 12.2. The van der Waals surface area contributed by atoms with Crippen molar-refractivity contribution in [3.63, 3.8) is 0 Å². The van der Waals surface area contributed by atoms with E-state index >= 15 is 0 Å². The van der Waals surface area contributed by atoms with Gasteiger partial charge in [-0.3, -0.25) is 25.2 Å². The van der Waals surface area contributed by atoms with Crippen LogP contribution in [0.5, 0.6) is 5.75 Å². The Kier molecular flexibility index (Phi) is 6.38. The van der Waals surface area contributed by atoms with Gasteiger partial charge in [-0.2, -0.15) is 0 Å². The first-order chi connectivity index (χ1) is 11.9. The minimum Gasteiger partial charge on any atom is -0.484 e. The maximum Gasteiger partial charge on any atom is 0.307 e. The van der Waals surface area contributed by atoms with Crippen molar-refractivity contribution >= 4 is 17.8 Å². The van der Waals surface area contributed by atoms with Crippen molar-refractivity contribution in [2.75, 3.05) is 6.61 Å². The van der Waals surface area contributed by atoms with E-state index in [1.807, 2.05) is 32.0 Å². The molecule has 1 aliphatic rings. The van der Waals surface area contributed by atoms with Crippen molar-refractivity contribution in [3.8, 4) is 5.75 Å². The van der Waals surface area contributed by atoms with E-state index in [1.54, 1.807) is 0 Å². The van der Waals surface area contributed by atoms with Gasteiger partial charge in [-0.05, 0) is 49.9 Å². The molecule has 0 aromatic heterocycles. The molecule has 3 N–H and O–H groups in total. The first-order valence-electron chi connectivity index (χ1n) is 8.39. The first kappa shape index (κ1) is 18.8. The highest BCUT2D eigenvalue weighted by Gasteiger charge is 2.35. The largest absolute Gasteiger partial charge is 0.484 e. The number of ether oxygens (including phenoxy) is 1. The molecule has 0 heterocycles. The quantitative estimate of drug-likeness (QED) is 0.703. The van der Waals surface area contributed by atoms with Crippen LogP contribution in [0.3, 0.4) is 0 Å². The molecule has 2 rings (SSSR count). The Hall–Kier alpha value is -2.57. The van der Waals surface area contributed by atoms with Crippen LogP contribution in [-0.4, -0.2) is 29.5 Å². The average molecular weight is 348 g/mol. The Morgan fingerprint density at radius 2 is 1.64 bits per heavy atom. The number of rotatable bonds is 5. The van der Waals surface area contributed by atoms with Gasteiger partial charge in [0.05, 0.1) is 11.8 Å². The van der Waals surface area contributed by atoms with Gasteiger partial charge in [0, 0.05) is 0 Å². The van der Waals surface area contributed by atoms with Gasteiger partial charge in [0.2, 0.25) is 5.91 Å². The van der Waals surface area contributed by atoms with E-state index < -0.39 is 29.6 Å². The lowest BCUT2D eigenvalue weighted by Crippen LogP contribution is -2.49. The van der Waals surface area contributed by atoms with E-state index in [-0.39, 0.29) is 6.61 Å². The molecule has 25 heavy (non-hydrogen) atoms. The molecule has 7 nitrogen and oxygen atoms in total. The van der Waals surface area contributed by atoms with Gasteiger partial charge in [0.15, 0.2) is 6.61 Å². The fourth-order valence-corrected chi connectivity index (χ4v) is 3.17. The fourth-order valence-electron chi connectivity index (χ4n) is 3.17. The van der Waals surface area contributed by atoms with Gasteiger partial charge in [0.1, 0.15) is 5.75 Å². The Morgan fingerprint density at radius 3 is 2.24 bits per heavy atom. The van der Waals surface area contributed by atoms with Crippen molar-refractivity contribution in [3.05, 3.63) is 29.3 Å². The molecule has 0 spiro atoms. The number of carbonyl (C=O) groups excluding carboxylic acids is 2. The number of hydrogen-bond donors (Lipinski definition) is 3. The molecule has 0 unspecified atom stereocenters. The molecule has 1 fully saturated rings. The monoisotopic (exact) mass is 348 g/mol. The van der Waals surface area contributed by atoms with Crippen LogP contribution >= 0.6 is 0 Å². The molecular weight excluding hydrogens is 324 g/mol. The summed E-state index contributed by atoms with van der Waals surface area (Å²) in [5.41, 5.74) is 6.65. The fraction of sp³-hybridized carbons (Fsp3) is 0.500. The summed E-state index contributed by atoms with van der Waals surface area (Å²) in [6.07, 6.45) is 2.61. The Labute approximate surface area is 146 Å². The Morgan fingerprint density at radius 1 is 1.04 bits per heavy atom. The maximum absolute atomic E-state index is 12.2. The molecule has 1 aliphatic carbocycles. The summed E-state index contributed by atoms with van der Waals surface area (Å²) < 4.78 is 5.41. The number of carboxylic acid groups (broad SMARTS) is 1. The van der Waals surface area contributed by atoms with E-state index in [4.69, 9.17) is 4.74 Å². The van der Waals surface area contributed by atoms with Crippen LogP contribution in [0, 0.1) is 25.7 Å². The highest BCUT2D eigenvalue weighted by molar-refractivity contribution is 5.87. The summed E-state index contributed by atoms with van der Waals surface area (Å²) in [4.78, 5) is 35.2. The normalized spacial score (nSPS) is 19.8. The number of aliphatic carboxylic acids is 1. The SMILES string of the molecule is Cc1cc(C)cc(OCC(=O)NNC(=O)[C@@H]2CCCC[C@@H]2C(=O)O)c1. The number of amides is 2. The summed E-state index contributed by atoms with van der Waals surface area (Å²) in [6.45, 7) is 3.63. The molecule has 1 saturated carbocycles. The minimum absolute atomic E-state index is 0.240. The van der Waals surface area contributed by atoms with Crippen LogP contribution in [0.4, 0.5) is 0 Å². The zero-order valence-corrected chi connectivity index (χ0v) is 14.5. The van der Waals surface area contributed by atoms with Gasteiger partial charge >= 0.3 is 5.97 Å². The number of nitrogens with one attached hydrogen (secondary N) is 2. The van der Waals surface area contributed by atoms with Crippen molar-refractivity contribution in [1.82, 2.24) is 10.9 Å². The van der Waals surface area contributed by atoms with Gasteiger partial charge in [-0.25, -0.2) is 0 Å². The summed E-state index contributed by atoms with van der Waals surface area (Å²) in [5, 5.41) is 9.20. The van der Waals surface area contributed by atoms with E-state index in [2.05, 4.69) is 10.9 Å². The lowest BCUT2D eigenvalue weighted by Gasteiger charge is -2.27. The van der Waals surface area contributed by atoms with E-state index in [1.165, 1.54) is 0 Å². The Balaban J connectivity index is 1.80. The van der Waals surface area contributed by atoms with Crippen LogP contribution < -0.4 is 15.6 Å². The predicted octanol–water partition coefficient (Wildman–Crippen LogP) is 1.72. The second-order valence-corrected chi connectivity index (χ2v) is 6.49. The van der Waals surface area contributed by atoms with Crippen LogP contribution in [0.15, 0.2) is 18.2 Å². The molecule has 0 radical (unpaired) electrons. The average Bonchev–Trinajstić information content (AvgIpc) is 2.57. The second kappa shape index (κ2) is 8.50. The van der Waals surface area contributed by atoms with Crippen molar-refractivity contribution in [2.45, 2.75) is 39.5 Å². The standard InChI is InChI=1S/C18H24N2O5/c1-11-7-12(2)9-13(8-11)25-10-16(21)19-20-17(22)14-5-3-4-6-15(14)18(23)24/h7-9,14-15H,3-6,10H2,1-2H3,(H,19,21)(H,20,22)(H,23,24)/t14-,15+/m1/s1. The number of hydrazine groups is 1. The topological polar surface area (TPSA) is 105 Å². The van der Waals surface area contributed by atoms with Gasteiger partial charge in [0.25, 0.3) is 5.91 Å². The van der Waals surface area contributed by atoms with Gasteiger partial charge in [-0.15, -0.1) is 0 Å². The van der Waals surface area contributed by atoms with Crippen LogP contribution in [0.25, 0.3) is 0 Å².